The zero-order valence-electron chi connectivity index (χ0n) is 10.7. The van der Waals surface area contributed by atoms with Crippen LogP contribution in [0.15, 0.2) is 45.5 Å². The molecule has 1 aromatic heterocycles. The van der Waals surface area contributed by atoms with Gasteiger partial charge in [-0.2, -0.15) is 5.26 Å². The van der Waals surface area contributed by atoms with Crippen molar-refractivity contribution in [3.63, 3.8) is 0 Å². The summed E-state index contributed by atoms with van der Waals surface area (Å²) in [4.78, 5) is 23.1. The molecule has 7 heteroatoms. The van der Waals surface area contributed by atoms with Gasteiger partial charge in [-0.25, -0.2) is 0 Å². The number of nitrogens with one attached hydrogen (secondary N) is 2. The van der Waals surface area contributed by atoms with Gasteiger partial charge in [0.1, 0.15) is 6.42 Å². The fourth-order valence-corrected chi connectivity index (χ4v) is 1.85. The Bertz CT molecular complexity index is 701. The van der Waals surface area contributed by atoms with Crippen LogP contribution in [-0.2, 0) is 4.79 Å². The molecular weight excluding hydrogens is 338 g/mol. The van der Waals surface area contributed by atoms with E-state index in [1.165, 1.54) is 0 Å². The third kappa shape index (κ3) is 4.19. The molecule has 21 heavy (non-hydrogen) atoms. The number of hydrogen-bond donors (Lipinski definition) is 2. The molecule has 0 radical (unpaired) electrons. The van der Waals surface area contributed by atoms with Gasteiger partial charge in [-0.3, -0.25) is 9.59 Å². The van der Waals surface area contributed by atoms with E-state index in [2.05, 4.69) is 26.6 Å². The second-order valence-corrected chi connectivity index (χ2v) is 4.80. The van der Waals surface area contributed by atoms with Crippen molar-refractivity contribution >= 4 is 39.1 Å². The highest BCUT2D eigenvalue weighted by atomic mass is 79.9. The van der Waals surface area contributed by atoms with Crippen LogP contribution in [-0.4, -0.2) is 11.8 Å². The Balaban J connectivity index is 1.98. The topological polar surface area (TPSA) is 95.1 Å². The van der Waals surface area contributed by atoms with Crippen LogP contribution in [0.2, 0.25) is 0 Å². The van der Waals surface area contributed by atoms with Crippen LogP contribution >= 0.6 is 15.9 Å². The fourth-order valence-electron chi connectivity index (χ4n) is 1.54. The molecule has 0 fully saturated rings. The number of amides is 2. The van der Waals surface area contributed by atoms with Crippen molar-refractivity contribution in [3.05, 3.63) is 46.8 Å². The van der Waals surface area contributed by atoms with Crippen LogP contribution in [0, 0.1) is 11.3 Å². The first-order chi connectivity index (χ1) is 10.1. The van der Waals surface area contributed by atoms with Crippen LogP contribution in [0.4, 0.5) is 11.4 Å². The number of benzene rings is 1. The Morgan fingerprint density at radius 2 is 1.71 bits per heavy atom. The van der Waals surface area contributed by atoms with E-state index in [1.807, 2.05) is 0 Å². The van der Waals surface area contributed by atoms with E-state index in [-0.39, 0.29) is 24.0 Å². The van der Waals surface area contributed by atoms with Gasteiger partial charge in [0.15, 0.2) is 10.4 Å². The van der Waals surface area contributed by atoms with Gasteiger partial charge < -0.3 is 15.1 Å². The van der Waals surface area contributed by atoms with Crippen LogP contribution in [0.25, 0.3) is 0 Å². The molecule has 0 atom stereocenters. The molecule has 0 unspecified atom stereocenters. The van der Waals surface area contributed by atoms with Gasteiger partial charge in [-0.1, -0.05) is 0 Å². The quantitative estimate of drug-likeness (QED) is 0.887. The van der Waals surface area contributed by atoms with Crippen molar-refractivity contribution in [1.29, 1.82) is 5.26 Å². The average Bonchev–Trinajstić information content (AvgIpc) is 2.88. The van der Waals surface area contributed by atoms with Crippen molar-refractivity contribution in [2.24, 2.45) is 0 Å². The van der Waals surface area contributed by atoms with Crippen molar-refractivity contribution in [2.45, 2.75) is 6.42 Å². The fraction of sp³-hybridized carbons (Fsp3) is 0.0714. The van der Waals surface area contributed by atoms with E-state index in [4.69, 9.17) is 9.68 Å². The number of anilines is 2. The third-order valence-corrected chi connectivity index (χ3v) is 2.89. The maximum atomic E-state index is 11.8. The molecule has 2 aromatic rings. The van der Waals surface area contributed by atoms with Gasteiger partial charge in [0.25, 0.3) is 5.91 Å². The van der Waals surface area contributed by atoms with Gasteiger partial charge in [0.05, 0.1) is 6.07 Å². The Labute approximate surface area is 128 Å². The molecule has 6 nitrogen and oxygen atoms in total. The summed E-state index contributed by atoms with van der Waals surface area (Å²) < 4.78 is 5.61. The van der Waals surface area contributed by atoms with Crippen LogP contribution in [0.1, 0.15) is 17.0 Å². The number of nitriles is 1. The molecule has 0 saturated heterocycles. The van der Waals surface area contributed by atoms with E-state index >= 15 is 0 Å². The van der Waals surface area contributed by atoms with Crippen LogP contribution in [0.5, 0.6) is 0 Å². The Kier molecular flexibility index (Phi) is 4.74. The highest BCUT2D eigenvalue weighted by molar-refractivity contribution is 9.10. The zero-order chi connectivity index (χ0) is 15.2. The van der Waals surface area contributed by atoms with Gasteiger partial charge in [0, 0.05) is 11.4 Å². The van der Waals surface area contributed by atoms with E-state index in [0.29, 0.717) is 16.0 Å². The maximum Gasteiger partial charge on any atom is 0.291 e. The van der Waals surface area contributed by atoms with Crippen LogP contribution in [0.3, 0.4) is 0 Å². The molecule has 0 bridgehead atoms. The highest BCUT2D eigenvalue weighted by Crippen LogP contribution is 2.17. The lowest BCUT2D eigenvalue weighted by Crippen LogP contribution is -2.12. The van der Waals surface area contributed by atoms with Gasteiger partial charge >= 0.3 is 0 Å². The minimum absolute atomic E-state index is 0.188. The van der Waals surface area contributed by atoms with Gasteiger partial charge in [0.2, 0.25) is 5.91 Å². The predicted molar refractivity (Wildman–Crippen MR) is 79.7 cm³/mol. The van der Waals surface area contributed by atoms with E-state index in [1.54, 1.807) is 42.5 Å². The maximum absolute atomic E-state index is 11.8. The lowest BCUT2D eigenvalue weighted by Gasteiger charge is -2.06. The number of furan rings is 1. The van der Waals surface area contributed by atoms with Crippen molar-refractivity contribution in [2.75, 3.05) is 10.6 Å². The first-order valence-electron chi connectivity index (χ1n) is 5.92. The van der Waals surface area contributed by atoms with Crippen molar-refractivity contribution < 1.29 is 14.0 Å². The SMILES string of the molecule is N#CCC(=O)Nc1ccc(NC(=O)c2ccc(Br)o2)cc1. The highest BCUT2D eigenvalue weighted by Gasteiger charge is 2.10. The van der Waals surface area contributed by atoms with Gasteiger partial charge in [-0.15, -0.1) is 0 Å². The molecule has 1 heterocycles. The van der Waals surface area contributed by atoms with Gasteiger partial charge in [-0.05, 0) is 52.3 Å². The number of hydrogen-bond acceptors (Lipinski definition) is 4. The number of rotatable bonds is 4. The summed E-state index contributed by atoms with van der Waals surface area (Å²) in [6, 6.07) is 11.5. The van der Waals surface area contributed by atoms with E-state index in [9.17, 15) is 9.59 Å². The molecule has 106 valence electrons. The summed E-state index contributed by atoms with van der Waals surface area (Å²) in [6.45, 7) is 0. The van der Waals surface area contributed by atoms with Crippen molar-refractivity contribution in [1.82, 2.24) is 0 Å². The Morgan fingerprint density at radius 3 is 2.24 bits per heavy atom. The summed E-state index contributed by atoms with van der Waals surface area (Å²) in [5.41, 5.74) is 1.11. The molecular formula is C14H10BrN3O3. The minimum Gasteiger partial charge on any atom is -0.444 e. The molecule has 1 aromatic carbocycles. The Hall–Kier alpha value is -2.59. The number of nitrogens with zero attached hydrogens (tertiary/aromatic N) is 1. The second-order valence-electron chi connectivity index (χ2n) is 4.02. The van der Waals surface area contributed by atoms with Crippen molar-refractivity contribution in [3.8, 4) is 6.07 Å². The first-order valence-corrected chi connectivity index (χ1v) is 6.71. The molecule has 2 N–H and O–H groups in total. The molecule has 2 rings (SSSR count). The number of carbonyl (C=O) groups is 2. The number of halogens is 1. The smallest absolute Gasteiger partial charge is 0.291 e. The molecule has 0 saturated carbocycles. The summed E-state index contributed by atoms with van der Waals surface area (Å²) in [5, 5.41) is 13.6. The lowest BCUT2D eigenvalue weighted by atomic mass is 10.2. The Morgan fingerprint density at radius 1 is 1.10 bits per heavy atom. The minimum atomic E-state index is -0.380. The first kappa shape index (κ1) is 14.8. The predicted octanol–water partition coefficient (Wildman–Crippen LogP) is 3.15. The summed E-state index contributed by atoms with van der Waals surface area (Å²) in [6.07, 6.45) is -0.203. The second kappa shape index (κ2) is 6.72. The molecule has 0 spiro atoms. The monoisotopic (exact) mass is 347 g/mol. The van der Waals surface area contributed by atoms with E-state index < -0.39 is 0 Å². The lowest BCUT2D eigenvalue weighted by molar-refractivity contribution is -0.115. The average molecular weight is 348 g/mol. The normalized spacial score (nSPS) is 9.71. The van der Waals surface area contributed by atoms with Crippen LogP contribution < -0.4 is 10.6 Å². The number of carbonyl (C=O) groups excluding carboxylic acids is 2. The summed E-state index contributed by atoms with van der Waals surface area (Å²) >= 11 is 3.12. The standard InChI is InChI=1S/C14H10BrN3O3/c15-12-6-5-11(21-12)14(20)18-10-3-1-9(2-4-10)17-13(19)7-8-16/h1-6H,7H2,(H,17,19)(H,18,20). The molecule has 0 aliphatic rings. The molecule has 0 aliphatic heterocycles. The molecule has 0 aliphatic carbocycles. The summed E-state index contributed by atoms with van der Waals surface area (Å²) in [7, 11) is 0. The van der Waals surface area contributed by atoms with E-state index in [0.717, 1.165) is 0 Å². The molecule has 2 amide bonds. The zero-order valence-corrected chi connectivity index (χ0v) is 12.3. The largest absolute Gasteiger partial charge is 0.444 e. The summed E-state index contributed by atoms with van der Waals surface area (Å²) in [5.74, 6) is -0.565. The third-order valence-electron chi connectivity index (χ3n) is 2.46.